The van der Waals surface area contributed by atoms with Gasteiger partial charge in [-0.3, -0.25) is 14.5 Å². The molecule has 2 N–H and O–H groups in total. The first kappa shape index (κ1) is 23.2. The summed E-state index contributed by atoms with van der Waals surface area (Å²) in [6.45, 7) is 11.7. The van der Waals surface area contributed by atoms with Gasteiger partial charge in [-0.05, 0) is 67.3 Å². The first-order chi connectivity index (χ1) is 12.3. The van der Waals surface area contributed by atoms with Gasteiger partial charge in [0.25, 0.3) is 0 Å². The van der Waals surface area contributed by atoms with Crippen LogP contribution in [0.4, 0.5) is 4.79 Å². The van der Waals surface area contributed by atoms with Crippen LogP contribution in [0.3, 0.4) is 0 Å². The number of nitrogens with zero attached hydrogens (tertiary/aromatic N) is 1. The number of likely N-dealkylation sites (tertiary alicyclic amines) is 1. The number of nitrogens with one attached hydrogen (secondary N) is 1. The quantitative estimate of drug-likeness (QED) is 0.648. The molecule has 0 aromatic rings. The molecule has 0 radical (unpaired) electrons. The third-order valence-corrected chi connectivity index (χ3v) is 4.01. The standard InChI is InChI=1S/C19H34N2O6/c1-18(2,3)26-16(24)14(9-10-15(22)23)21-11-7-8-13(21)12-20-17(25)27-19(4,5)6/h13-14H,7-12H2,1-6H3,(H,20,25)(H,22,23). The van der Waals surface area contributed by atoms with Gasteiger partial charge in [0.1, 0.15) is 17.2 Å². The van der Waals surface area contributed by atoms with Crippen molar-refractivity contribution >= 4 is 18.0 Å². The molecule has 1 saturated heterocycles. The maximum Gasteiger partial charge on any atom is 0.407 e. The summed E-state index contributed by atoms with van der Waals surface area (Å²) in [7, 11) is 0. The summed E-state index contributed by atoms with van der Waals surface area (Å²) in [6.07, 6.45) is 1.23. The molecule has 2 unspecified atom stereocenters. The van der Waals surface area contributed by atoms with E-state index in [2.05, 4.69) is 5.32 Å². The molecule has 8 heteroatoms. The summed E-state index contributed by atoms with van der Waals surface area (Å²) < 4.78 is 10.7. The largest absolute Gasteiger partial charge is 0.481 e. The number of aliphatic carboxylic acids is 1. The summed E-state index contributed by atoms with van der Waals surface area (Å²) in [5.74, 6) is -1.38. The van der Waals surface area contributed by atoms with Crippen molar-refractivity contribution < 1.29 is 29.0 Å². The normalized spacial score (nSPS) is 19.4. The summed E-state index contributed by atoms with van der Waals surface area (Å²) in [6, 6.07) is -0.711. The molecule has 1 aliphatic heterocycles. The van der Waals surface area contributed by atoms with Crippen LogP contribution in [0.2, 0.25) is 0 Å². The molecule has 8 nitrogen and oxygen atoms in total. The van der Waals surface area contributed by atoms with Crippen LogP contribution in [0, 0.1) is 0 Å². The molecule has 2 atom stereocenters. The SMILES string of the molecule is CC(C)(C)OC(=O)NCC1CCCN1C(CCC(=O)O)C(=O)OC(C)(C)C. The molecule has 1 rings (SSSR count). The Morgan fingerprint density at radius 2 is 1.70 bits per heavy atom. The van der Waals surface area contributed by atoms with Crippen LogP contribution in [0.25, 0.3) is 0 Å². The fraction of sp³-hybridized carbons (Fsp3) is 0.842. The highest BCUT2D eigenvalue weighted by Gasteiger charge is 2.37. The van der Waals surface area contributed by atoms with Crippen molar-refractivity contribution in [2.24, 2.45) is 0 Å². The van der Waals surface area contributed by atoms with Crippen molar-refractivity contribution in [1.29, 1.82) is 0 Å². The van der Waals surface area contributed by atoms with Crippen LogP contribution in [0.5, 0.6) is 0 Å². The molecule has 0 saturated carbocycles. The van der Waals surface area contributed by atoms with Crippen LogP contribution in [-0.4, -0.2) is 64.4 Å². The zero-order valence-corrected chi connectivity index (χ0v) is 17.3. The van der Waals surface area contributed by atoms with Crippen LogP contribution in [0.15, 0.2) is 0 Å². The number of esters is 1. The van der Waals surface area contributed by atoms with Crippen molar-refractivity contribution in [2.75, 3.05) is 13.1 Å². The fourth-order valence-corrected chi connectivity index (χ4v) is 3.05. The Morgan fingerprint density at radius 3 is 2.22 bits per heavy atom. The van der Waals surface area contributed by atoms with Crippen molar-refractivity contribution in [3.8, 4) is 0 Å². The van der Waals surface area contributed by atoms with E-state index < -0.39 is 35.3 Å². The number of carbonyl (C=O) groups is 3. The van der Waals surface area contributed by atoms with Crippen molar-refractivity contribution in [1.82, 2.24) is 10.2 Å². The minimum absolute atomic E-state index is 0.0659. The van der Waals surface area contributed by atoms with Gasteiger partial charge in [-0.15, -0.1) is 0 Å². The number of rotatable bonds is 7. The molecular weight excluding hydrogens is 352 g/mol. The highest BCUT2D eigenvalue weighted by molar-refractivity contribution is 5.77. The molecule has 0 aromatic heterocycles. The fourth-order valence-electron chi connectivity index (χ4n) is 3.05. The van der Waals surface area contributed by atoms with Crippen LogP contribution >= 0.6 is 0 Å². The third kappa shape index (κ3) is 9.08. The summed E-state index contributed by atoms with van der Waals surface area (Å²) in [5, 5.41) is 11.8. The highest BCUT2D eigenvalue weighted by atomic mass is 16.6. The minimum atomic E-state index is -0.953. The zero-order valence-electron chi connectivity index (χ0n) is 17.3. The summed E-state index contributed by atoms with van der Waals surface area (Å²) >= 11 is 0. The number of ether oxygens (including phenoxy) is 2. The summed E-state index contributed by atoms with van der Waals surface area (Å²) in [4.78, 5) is 37.5. The molecular formula is C19H34N2O6. The molecule has 1 amide bonds. The van der Waals surface area contributed by atoms with Crippen LogP contribution in [0.1, 0.15) is 67.2 Å². The zero-order chi connectivity index (χ0) is 20.8. The average molecular weight is 386 g/mol. The average Bonchev–Trinajstić information content (AvgIpc) is 2.89. The Balaban J connectivity index is 2.78. The number of hydrogen-bond acceptors (Lipinski definition) is 6. The lowest BCUT2D eigenvalue weighted by Gasteiger charge is -2.33. The summed E-state index contributed by atoms with van der Waals surface area (Å²) in [5.41, 5.74) is -1.23. The predicted molar refractivity (Wildman–Crippen MR) is 100 cm³/mol. The van der Waals surface area contributed by atoms with Gasteiger partial charge in [0.15, 0.2) is 0 Å². The first-order valence-corrected chi connectivity index (χ1v) is 9.46. The van der Waals surface area contributed by atoms with Crippen LogP contribution < -0.4 is 5.32 Å². The van der Waals surface area contributed by atoms with E-state index in [9.17, 15) is 14.4 Å². The van der Waals surface area contributed by atoms with Gasteiger partial charge in [0.05, 0.1) is 0 Å². The molecule has 0 bridgehead atoms. The molecule has 0 aliphatic carbocycles. The lowest BCUT2D eigenvalue weighted by molar-refractivity contribution is -0.162. The molecule has 1 aliphatic rings. The van der Waals surface area contributed by atoms with Crippen molar-refractivity contribution in [3.05, 3.63) is 0 Å². The molecule has 156 valence electrons. The van der Waals surface area contributed by atoms with E-state index in [1.165, 1.54) is 0 Å². The molecule has 27 heavy (non-hydrogen) atoms. The van der Waals surface area contributed by atoms with Crippen LogP contribution in [-0.2, 0) is 19.1 Å². The van der Waals surface area contributed by atoms with Crippen molar-refractivity contribution in [2.45, 2.75) is 90.5 Å². The smallest absolute Gasteiger partial charge is 0.407 e. The van der Waals surface area contributed by atoms with Gasteiger partial charge in [0.2, 0.25) is 0 Å². The lowest BCUT2D eigenvalue weighted by atomic mass is 10.1. The predicted octanol–water partition coefficient (Wildman–Crippen LogP) is 2.55. The first-order valence-electron chi connectivity index (χ1n) is 9.46. The molecule has 1 heterocycles. The lowest BCUT2D eigenvalue weighted by Crippen LogP contribution is -2.50. The topological polar surface area (TPSA) is 105 Å². The van der Waals surface area contributed by atoms with Gasteiger partial charge in [-0.1, -0.05) is 0 Å². The van der Waals surface area contributed by atoms with E-state index in [1.807, 2.05) is 4.90 Å². The molecule has 0 spiro atoms. The Morgan fingerprint density at radius 1 is 1.11 bits per heavy atom. The monoisotopic (exact) mass is 386 g/mol. The second-order valence-electron chi connectivity index (χ2n) is 8.90. The van der Waals surface area contributed by atoms with E-state index in [1.54, 1.807) is 41.5 Å². The van der Waals surface area contributed by atoms with Gasteiger partial charge < -0.3 is 19.9 Å². The van der Waals surface area contributed by atoms with E-state index >= 15 is 0 Å². The van der Waals surface area contributed by atoms with E-state index in [0.29, 0.717) is 13.1 Å². The Bertz CT molecular complexity index is 535. The van der Waals surface area contributed by atoms with E-state index in [0.717, 1.165) is 12.8 Å². The number of carboxylic acid groups (broad SMARTS) is 1. The second kappa shape index (κ2) is 9.39. The van der Waals surface area contributed by atoms with Gasteiger partial charge >= 0.3 is 18.0 Å². The van der Waals surface area contributed by atoms with Crippen molar-refractivity contribution in [3.63, 3.8) is 0 Å². The Labute approximate surface area is 161 Å². The highest BCUT2D eigenvalue weighted by Crippen LogP contribution is 2.24. The number of carboxylic acids is 1. The number of carbonyl (C=O) groups excluding carboxylic acids is 2. The van der Waals surface area contributed by atoms with Gasteiger partial charge in [-0.2, -0.15) is 0 Å². The Kier molecular flexibility index (Phi) is 8.07. The second-order valence-corrected chi connectivity index (χ2v) is 8.90. The third-order valence-electron chi connectivity index (χ3n) is 4.01. The Hall–Kier alpha value is -1.83. The molecule has 0 aromatic carbocycles. The molecule has 1 fully saturated rings. The van der Waals surface area contributed by atoms with Gasteiger partial charge in [0, 0.05) is 19.0 Å². The number of alkyl carbamates (subject to hydrolysis) is 1. The number of amides is 1. The maximum atomic E-state index is 12.7. The van der Waals surface area contributed by atoms with E-state index in [4.69, 9.17) is 14.6 Å². The minimum Gasteiger partial charge on any atom is -0.481 e. The van der Waals surface area contributed by atoms with E-state index in [-0.39, 0.29) is 18.9 Å². The van der Waals surface area contributed by atoms with Gasteiger partial charge in [-0.25, -0.2) is 4.79 Å². The number of hydrogen-bond donors (Lipinski definition) is 2. The maximum absolute atomic E-state index is 12.7.